The van der Waals surface area contributed by atoms with Gasteiger partial charge in [-0.15, -0.1) is 0 Å². The van der Waals surface area contributed by atoms with Crippen molar-refractivity contribution >= 4 is 62.4 Å². The zero-order valence-electron chi connectivity index (χ0n) is 16.4. The van der Waals surface area contributed by atoms with Crippen molar-refractivity contribution in [2.75, 3.05) is 18.2 Å². The molecule has 1 N–H and O–H groups in total. The van der Waals surface area contributed by atoms with Crippen molar-refractivity contribution in [1.82, 2.24) is 14.3 Å². The fourth-order valence-electron chi connectivity index (χ4n) is 2.86. The molecule has 0 saturated heterocycles. The summed E-state index contributed by atoms with van der Waals surface area (Å²) in [5, 5.41) is 14.9. The van der Waals surface area contributed by atoms with Gasteiger partial charge in [0, 0.05) is 16.7 Å². The molecule has 0 radical (unpaired) electrons. The lowest BCUT2D eigenvalue weighted by Gasteiger charge is -2.09. The number of halogens is 1. The first-order valence-electron chi connectivity index (χ1n) is 9.07. The molecule has 0 atom stereocenters. The van der Waals surface area contributed by atoms with Gasteiger partial charge >= 0.3 is 0 Å². The first-order chi connectivity index (χ1) is 15.5. The van der Waals surface area contributed by atoms with E-state index < -0.39 is 4.92 Å². The van der Waals surface area contributed by atoms with Crippen LogP contribution in [0.2, 0.25) is 5.02 Å². The van der Waals surface area contributed by atoms with E-state index in [0.29, 0.717) is 21.3 Å². The lowest BCUT2D eigenvalue weighted by atomic mass is 10.1. The summed E-state index contributed by atoms with van der Waals surface area (Å²) in [5.41, 5.74) is 2.54. The predicted octanol–water partition coefficient (Wildman–Crippen LogP) is 5.05. The number of nitro benzene ring substituents is 1. The largest absolute Gasteiger partial charge is 0.494 e. The van der Waals surface area contributed by atoms with Gasteiger partial charge in [-0.25, -0.2) is 9.97 Å². The number of nitrogens with one attached hydrogen (secondary N) is 1. The third kappa shape index (κ3) is 4.64. The van der Waals surface area contributed by atoms with Crippen LogP contribution in [0.4, 0.5) is 11.4 Å². The van der Waals surface area contributed by atoms with Gasteiger partial charge in [-0.2, -0.15) is 4.37 Å². The number of hydrogen-bond donors (Lipinski definition) is 1. The molecule has 2 aromatic heterocycles. The molecule has 9 nitrogen and oxygen atoms in total. The van der Waals surface area contributed by atoms with Gasteiger partial charge in [-0.05, 0) is 29.7 Å². The Hall–Kier alpha value is -3.28. The minimum Gasteiger partial charge on any atom is -0.494 e. The number of anilines is 1. The van der Waals surface area contributed by atoms with E-state index in [1.54, 1.807) is 12.1 Å². The maximum atomic E-state index is 12.5. The number of methoxy groups -OCH3 is 1. The maximum Gasteiger partial charge on any atom is 0.273 e. The molecule has 2 aromatic carbocycles. The van der Waals surface area contributed by atoms with E-state index in [1.165, 1.54) is 54.9 Å². The van der Waals surface area contributed by atoms with E-state index in [2.05, 4.69) is 19.7 Å². The van der Waals surface area contributed by atoms with Crippen molar-refractivity contribution in [3.63, 3.8) is 0 Å². The molecule has 0 spiro atoms. The van der Waals surface area contributed by atoms with E-state index in [-0.39, 0.29) is 23.1 Å². The number of non-ortho nitro benzene ring substituents is 1. The fourth-order valence-corrected chi connectivity index (χ4v) is 4.71. The van der Waals surface area contributed by atoms with E-state index in [1.807, 2.05) is 12.1 Å². The number of thioether (sulfide) groups is 1. The van der Waals surface area contributed by atoms with Crippen LogP contribution in [0.15, 0.2) is 53.8 Å². The van der Waals surface area contributed by atoms with Crippen LogP contribution in [-0.2, 0) is 4.79 Å². The van der Waals surface area contributed by atoms with Gasteiger partial charge < -0.3 is 10.1 Å². The molecular weight excluding hydrogens is 474 g/mol. The van der Waals surface area contributed by atoms with Crippen molar-refractivity contribution < 1.29 is 14.5 Å². The maximum absolute atomic E-state index is 12.5. The van der Waals surface area contributed by atoms with Crippen molar-refractivity contribution in [3.05, 3.63) is 63.9 Å². The van der Waals surface area contributed by atoms with Gasteiger partial charge in [-0.3, -0.25) is 14.9 Å². The number of aromatic nitrogens is 3. The van der Waals surface area contributed by atoms with Gasteiger partial charge in [0.2, 0.25) is 5.91 Å². The number of carbonyl (C=O) groups is 1. The second-order valence-corrected chi connectivity index (χ2v) is 8.55. The number of rotatable bonds is 7. The molecule has 2 heterocycles. The Morgan fingerprint density at radius 1 is 1.25 bits per heavy atom. The highest BCUT2D eigenvalue weighted by Gasteiger charge is 2.17. The standard InChI is InChI=1S/C20H14ClN5O4S2/c1-30-15-8-13(26(28)29)6-7-14(15)24-16(27)9-31-20-19-18(22-10-23-20)17(25-32-19)11-2-4-12(21)5-3-11/h2-8,10H,9H2,1H3,(H,24,27). The van der Waals surface area contributed by atoms with Gasteiger partial charge in [0.05, 0.1) is 29.5 Å². The summed E-state index contributed by atoms with van der Waals surface area (Å²) in [6, 6.07) is 11.3. The van der Waals surface area contributed by atoms with Crippen LogP contribution in [0.1, 0.15) is 0 Å². The average Bonchev–Trinajstić information content (AvgIpc) is 3.23. The summed E-state index contributed by atoms with van der Waals surface area (Å²) < 4.78 is 10.4. The number of nitro groups is 1. The number of carbonyl (C=O) groups excluding carboxylic acids is 1. The Labute approximate surface area is 195 Å². The molecule has 0 unspecified atom stereocenters. The molecule has 12 heteroatoms. The second kappa shape index (κ2) is 9.47. The van der Waals surface area contributed by atoms with Gasteiger partial charge in [0.1, 0.15) is 33.0 Å². The van der Waals surface area contributed by atoms with Crippen LogP contribution < -0.4 is 10.1 Å². The van der Waals surface area contributed by atoms with Crippen LogP contribution in [0.3, 0.4) is 0 Å². The Kier molecular flexibility index (Phi) is 6.49. The van der Waals surface area contributed by atoms with E-state index in [0.717, 1.165) is 16.0 Å². The minimum absolute atomic E-state index is 0.0699. The second-order valence-electron chi connectivity index (χ2n) is 6.37. The third-order valence-electron chi connectivity index (χ3n) is 4.35. The molecular formula is C20H14ClN5O4S2. The lowest BCUT2D eigenvalue weighted by Crippen LogP contribution is -2.15. The zero-order valence-corrected chi connectivity index (χ0v) is 18.8. The molecule has 4 rings (SSSR count). The van der Waals surface area contributed by atoms with E-state index in [4.69, 9.17) is 16.3 Å². The highest BCUT2D eigenvalue weighted by molar-refractivity contribution is 8.00. The summed E-state index contributed by atoms with van der Waals surface area (Å²) in [7, 11) is 1.38. The molecule has 162 valence electrons. The quantitative estimate of drug-likeness (QED) is 0.166. The number of hydrogen-bond acceptors (Lipinski definition) is 9. The van der Waals surface area contributed by atoms with Crippen molar-refractivity contribution in [3.8, 4) is 17.0 Å². The Morgan fingerprint density at radius 2 is 2.03 bits per heavy atom. The van der Waals surface area contributed by atoms with Gasteiger partial charge in [-0.1, -0.05) is 35.5 Å². The Balaban J connectivity index is 1.49. The smallest absolute Gasteiger partial charge is 0.273 e. The molecule has 32 heavy (non-hydrogen) atoms. The highest BCUT2D eigenvalue weighted by atomic mass is 35.5. The van der Waals surface area contributed by atoms with Crippen molar-refractivity contribution in [1.29, 1.82) is 0 Å². The Bertz CT molecular complexity index is 1310. The molecule has 1 amide bonds. The number of ether oxygens (including phenoxy) is 1. The SMILES string of the molecule is COc1cc([N+](=O)[O-])ccc1NC(=O)CSc1ncnc2c(-c3ccc(Cl)cc3)nsc12. The molecule has 0 saturated carbocycles. The van der Waals surface area contributed by atoms with E-state index >= 15 is 0 Å². The number of fused-ring (bicyclic) bond motifs is 1. The highest BCUT2D eigenvalue weighted by Crippen LogP contribution is 2.35. The van der Waals surface area contributed by atoms with Gasteiger partial charge in [0.15, 0.2) is 0 Å². The van der Waals surface area contributed by atoms with Crippen LogP contribution in [-0.4, -0.2) is 38.0 Å². The monoisotopic (exact) mass is 487 g/mol. The first-order valence-corrected chi connectivity index (χ1v) is 11.2. The predicted molar refractivity (Wildman–Crippen MR) is 125 cm³/mol. The number of amides is 1. The minimum atomic E-state index is -0.530. The normalized spacial score (nSPS) is 10.8. The average molecular weight is 488 g/mol. The summed E-state index contributed by atoms with van der Waals surface area (Å²) in [6.45, 7) is 0. The van der Waals surface area contributed by atoms with Crippen molar-refractivity contribution in [2.24, 2.45) is 0 Å². The van der Waals surface area contributed by atoms with Gasteiger partial charge in [0.25, 0.3) is 5.69 Å². The fraction of sp³-hybridized carbons (Fsp3) is 0.100. The Morgan fingerprint density at radius 3 is 2.75 bits per heavy atom. The molecule has 0 bridgehead atoms. The molecule has 0 fully saturated rings. The van der Waals surface area contributed by atoms with Crippen LogP contribution in [0, 0.1) is 10.1 Å². The zero-order chi connectivity index (χ0) is 22.7. The lowest BCUT2D eigenvalue weighted by molar-refractivity contribution is -0.384. The number of nitrogens with zero attached hydrogens (tertiary/aromatic N) is 4. The van der Waals surface area contributed by atoms with Crippen LogP contribution >= 0.6 is 34.9 Å². The first kappa shape index (κ1) is 21.9. The van der Waals surface area contributed by atoms with Crippen LogP contribution in [0.25, 0.3) is 21.5 Å². The molecule has 0 aliphatic heterocycles. The molecule has 4 aromatic rings. The topological polar surface area (TPSA) is 120 Å². The third-order valence-corrected chi connectivity index (χ3v) is 6.57. The summed E-state index contributed by atoms with van der Waals surface area (Å²) in [5.74, 6) is -0.0335. The van der Waals surface area contributed by atoms with Crippen LogP contribution in [0.5, 0.6) is 5.75 Å². The summed E-state index contributed by atoms with van der Waals surface area (Å²) in [6.07, 6.45) is 1.44. The van der Waals surface area contributed by atoms with E-state index in [9.17, 15) is 14.9 Å². The van der Waals surface area contributed by atoms with Crippen molar-refractivity contribution in [2.45, 2.75) is 5.03 Å². The number of benzene rings is 2. The molecule has 0 aliphatic carbocycles. The summed E-state index contributed by atoms with van der Waals surface area (Å²) in [4.78, 5) is 31.5. The molecule has 0 aliphatic rings. The summed E-state index contributed by atoms with van der Waals surface area (Å²) >= 11 is 8.47.